The average molecular weight is 261 g/mol. The largest absolute Gasteiger partial charge is 0.411 e. The number of rotatable bonds is 3. The maximum atomic E-state index is 12.1. The third-order valence-electron chi connectivity index (χ3n) is 3.37. The average Bonchev–Trinajstić information content (AvgIpc) is 2.47. The molecule has 3 N–H and O–H groups in total. The Morgan fingerprint density at radius 2 is 2.37 bits per heavy atom. The van der Waals surface area contributed by atoms with E-state index >= 15 is 0 Å². The third kappa shape index (κ3) is 3.54. The number of amides is 1. The molecule has 1 saturated heterocycles. The van der Waals surface area contributed by atoms with Gasteiger partial charge >= 0.3 is 0 Å². The molecule has 2 rings (SSSR count). The molecule has 1 aliphatic heterocycles. The molecule has 1 unspecified atom stereocenters. The molecule has 0 radical (unpaired) electrons. The van der Waals surface area contributed by atoms with Crippen molar-refractivity contribution in [1.82, 2.24) is 5.32 Å². The first-order chi connectivity index (χ1) is 9.20. The number of oxime groups is 1. The molecule has 19 heavy (non-hydrogen) atoms. The first-order valence-electron chi connectivity index (χ1n) is 6.51. The summed E-state index contributed by atoms with van der Waals surface area (Å²) in [6.07, 6.45) is 1.96. The second-order valence-corrected chi connectivity index (χ2v) is 4.80. The molecule has 5 heteroatoms. The Morgan fingerprint density at radius 1 is 1.53 bits per heavy atom. The molecule has 1 heterocycles. The third-order valence-corrected chi connectivity index (χ3v) is 3.37. The van der Waals surface area contributed by atoms with Gasteiger partial charge in [-0.05, 0) is 38.4 Å². The van der Waals surface area contributed by atoms with Crippen molar-refractivity contribution in [2.45, 2.75) is 19.8 Å². The zero-order chi connectivity index (χ0) is 13.7. The van der Waals surface area contributed by atoms with Gasteiger partial charge in [-0.3, -0.25) is 4.79 Å². The van der Waals surface area contributed by atoms with Crippen molar-refractivity contribution in [2.75, 3.05) is 18.4 Å². The van der Waals surface area contributed by atoms with E-state index in [1.165, 1.54) is 0 Å². The van der Waals surface area contributed by atoms with Crippen LogP contribution in [0.2, 0.25) is 0 Å². The van der Waals surface area contributed by atoms with Gasteiger partial charge in [0.2, 0.25) is 5.91 Å². The molecule has 1 atom stereocenters. The topological polar surface area (TPSA) is 73.7 Å². The molecule has 1 aromatic carbocycles. The molecular weight excluding hydrogens is 242 g/mol. The maximum Gasteiger partial charge on any atom is 0.228 e. The standard InChI is InChI=1S/C14H19N3O2/c1-10(17-19)11-4-2-6-13(8-11)16-14(18)12-5-3-7-15-9-12/h2,4,6,8,12,15,19H,3,5,7,9H2,1H3,(H,16,18)/b17-10+. The van der Waals surface area contributed by atoms with Gasteiger partial charge in [-0.15, -0.1) is 0 Å². The van der Waals surface area contributed by atoms with Crippen LogP contribution in [-0.4, -0.2) is 29.9 Å². The van der Waals surface area contributed by atoms with E-state index in [0.29, 0.717) is 5.71 Å². The molecule has 102 valence electrons. The number of piperidine rings is 1. The molecule has 0 aromatic heterocycles. The molecular formula is C14H19N3O2. The minimum atomic E-state index is 0.0324. The second kappa shape index (κ2) is 6.33. The van der Waals surface area contributed by atoms with Crippen molar-refractivity contribution in [3.8, 4) is 0 Å². The Labute approximate surface area is 112 Å². The van der Waals surface area contributed by atoms with Gasteiger partial charge in [0.05, 0.1) is 11.6 Å². The number of hydrogen-bond donors (Lipinski definition) is 3. The summed E-state index contributed by atoms with van der Waals surface area (Å²) in [6.45, 7) is 3.44. The van der Waals surface area contributed by atoms with Crippen molar-refractivity contribution >= 4 is 17.3 Å². The van der Waals surface area contributed by atoms with Crippen LogP contribution in [-0.2, 0) is 4.79 Å². The van der Waals surface area contributed by atoms with Crippen molar-refractivity contribution in [2.24, 2.45) is 11.1 Å². The molecule has 0 spiro atoms. The van der Waals surface area contributed by atoms with Crippen molar-refractivity contribution in [3.05, 3.63) is 29.8 Å². The molecule has 0 aliphatic carbocycles. The minimum Gasteiger partial charge on any atom is -0.411 e. The van der Waals surface area contributed by atoms with E-state index in [9.17, 15) is 4.79 Å². The number of nitrogens with one attached hydrogen (secondary N) is 2. The summed E-state index contributed by atoms with van der Waals surface area (Å²) in [7, 11) is 0. The van der Waals surface area contributed by atoms with Crippen LogP contribution in [0.25, 0.3) is 0 Å². The molecule has 5 nitrogen and oxygen atoms in total. The summed E-state index contributed by atoms with van der Waals surface area (Å²) < 4.78 is 0. The monoisotopic (exact) mass is 261 g/mol. The number of carbonyl (C=O) groups excluding carboxylic acids is 1. The summed E-state index contributed by atoms with van der Waals surface area (Å²) in [5, 5.41) is 18.1. The lowest BCUT2D eigenvalue weighted by Gasteiger charge is -2.22. The zero-order valence-corrected chi connectivity index (χ0v) is 11.0. The number of hydrogen-bond acceptors (Lipinski definition) is 4. The van der Waals surface area contributed by atoms with Crippen LogP contribution in [0.1, 0.15) is 25.3 Å². The SMILES string of the molecule is C/C(=N\O)c1cccc(NC(=O)C2CCCNC2)c1. The molecule has 0 saturated carbocycles. The fraction of sp³-hybridized carbons (Fsp3) is 0.429. The highest BCUT2D eigenvalue weighted by Crippen LogP contribution is 2.16. The van der Waals surface area contributed by atoms with Gasteiger partial charge in [0.15, 0.2) is 0 Å². The smallest absolute Gasteiger partial charge is 0.228 e. The molecule has 1 aromatic rings. The number of nitrogens with zero attached hydrogens (tertiary/aromatic N) is 1. The molecule has 0 bridgehead atoms. The van der Waals surface area contributed by atoms with Crippen LogP contribution in [0.4, 0.5) is 5.69 Å². The van der Waals surface area contributed by atoms with Crippen LogP contribution < -0.4 is 10.6 Å². The highest BCUT2D eigenvalue weighted by molar-refractivity contribution is 6.00. The summed E-state index contributed by atoms with van der Waals surface area (Å²) in [5.41, 5.74) is 2.05. The van der Waals surface area contributed by atoms with E-state index in [4.69, 9.17) is 5.21 Å². The van der Waals surface area contributed by atoms with E-state index in [0.717, 1.165) is 37.2 Å². The molecule has 1 aliphatic rings. The van der Waals surface area contributed by atoms with Crippen molar-refractivity contribution in [3.63, 3.8) is 0 Å². The van der Waals surface area contributed by atoms with Gasteiger partial charge in [0.1, 0.15) is 0 Å². The van der Waals surface area contributed by atoms with Gasteiger partial charge in [0.25, 0.3) is 0 Å². The number of anilines is 1. The number of benzene rings is 1. The van der Waals surface area contributed by atoms with Crippen LogP contribution in [0.3, 0.4) is 0 Å². The first kappa shape index (κ1) is 13.5. The number of carbonyl (C=O) groups is 1. The molecule has 1 fully saturated rings. The fourth-order valence-corrected chi connectivity index (χ4v) is 2.20. The maximum absolute atomic E-state index is 12.1. The van der Waals surface area contributed by atoms with E-state index in [-0.39, 0.29) is 11.8 Å². The summed E-state index contributed by atoms with van der Waals surface area (Å²) >= 11 is 0. The predicted molar refractivity (Wildman–Crippen MR) is 74.7 cm³/mol. The first-order valence-corrected chi connectivity index (χ1v) is 6.51. The zero-order valence-electron chi connectivity index (χ0n) is 11.0. The van der Waals surface area contributed by atoms with Gasteiger partial charge in [-0.25, -0.2) is 0 Å². The predicted octanol–water partition coefficient (Wildman–Crippen LogP) is 1.82. The Hall–Kier alpha value is -1.88. The lowest BCUT2D eigenvalue weighted by atomic mass is 9.98. The minimum absolute atomic E-state index is 0.0324. The highest BCUT2D eigenvalue weighted by atomic mass is 16.4. The highest BCUT2D eigenvalue weighted by Gasteiger charge is 2.20. The Bertz CT molecular complexity index is 479. The van der Waals surface area contributed by atoms with E-state index in [2.05, 4.69) is 15.8 Å². The lowest BCUT2D eigenvalue weighted by molar-refractivity contribution is -0.120. The van der Waals surface area contributed by atoms with Crippen LogP contribution in [0.15, 0.2) is 29.4 Å². The van der Waals surface area contributed by atoms with Crippen molar-refractivity contribution < 1.29 is 10.0 Å². The van der Waals surface area contributed by atoms with Gasteiger partial charge < -0.3 is 15.8 Å². The Balaban J connectivity index is 2.04. The van der Waals surface area contributed by atoms with Crippen molar-refractivity contribution in [1.29, 1.82) is 0 Å². The summed E-state index contributed by atoms with van der Waals surface area (Å²) in [5.74, 6) is 0.0768. The summed E-state index contributed by atoms with van der Waals surface area (Å²) in [6, 6.07) is 7.32. The van der Waals surface area contributed by atoms with Crippen LogP contribution in [0, 0.1) is 5.92 Å². The lowest BCUT2D eigenvalue weighted by Crippen LogP contribution is -2.37. The van der Waals surface area contributed by atoms with Gasteiger partial charge in [-0.2, -0.15) is 0 Å². The van der Waals surface area contributed by atoms with Crippen LogP contribution in [0.5, 0.6) is 0 Å². The summed E-state index contributed by atoms with van der Waals surface area (Å²) in [4.78, 5) is 12.1. The quantitative estimate of drug-likeness (QED) is 0.441. The normalized spacial score (nSPS) is 20.1. The van der Waals surface area contributed by atoms with E-state index in [1.54, 1.807) is 6.92 Å². The van der Waals surface area contributed by atoms with E-state index < -0.39 is 0 Å². The fourth-order valence-electron chi connectivity index (χ4n) is 2.20. The van der Waals surface area contributed by atoms with Crippen LogP contribution >= 0.6 is 0 Å². The van der Waals surface area contributed by atoms with Gasteiger partial charge in [-0.1, -0.05) is 17.3 Å². The van der Waals surface area contributed by atoms with Gasteiger partial charge in [0, 0.05) is 17.8 Å². The Kier molecular flexibility index (Phi) is 4.52. The second-order valence-electron chi connectivity index (χ2n) is 4.80. The Morgan fingerprint density at radius 3 is 3.05 bits per heavy atom. The molecule has 1 amide bonds. The van der Waals surface area contributed by atoms with E-state index in [1.807, 2.05) is 24.3 Å².